The molecule has 0 atom stereocenters. The minimum atomic E-state index is 0.766. The second-order valence-electron chi connectivity index (χ2n) is 4.89. The zero-order chi connectivity index (χ0) is 9.54. The Balaban J connectivity index is 1.70. The molecule has 0 saturated heterocycles. The fourth-order valence-corrected chi connectivity index (χ4v) is 2.75. The average Bonchev–Trinajstić information content (AvgIpc) is 2.89. The van der Waals surface area contributed by atoms with Crippen molar-refractivity contribution >= 4 is 5.69 Å². The Morgan fingerprint density at radius 2 is 1.71 bits per heavy atom. The first-order valence-corrected chi connectivity index (χ1v) is 5.69. The third-order valence-corrected chi connectivity index (χ3v) is 3.90. The number of nitrogen functional groups attached to an aromatic ring is 1. The van der Waals surface area contributed by atoms with Crippen LogP contribution in [0.25, 0.3) is 0 Å². The summed E-state index contributed by atoms with van der Waals surface area (Å²) in [5.74, 6) is 2.87. The highest BCUT2D eigenvalue weighted by atomic mass is 14.6. The van der Waals surface area contributed by atoms with Crippen LogP contribution in [0.1, 0.15) is 37.2 Å². The standard InChI is InChI=1S/C13H17N/c14-13-4-2-1-3-12(13)11-7-10(8-11)9-5-6-9/h1-4,9-11H,5-8,14H2. The molecule has 0 heterocycles. The number of rotatable bonds is 2. The summed E-state index contributed by atoms with van der Waals surface area (Å²) in [5, 5.41) is 0. The number of nitrogens with two attached hydrogens (primary N) is 1. The SMILES string of the molecule is Nc1ccccc1C1CC(C2CC2)C1. The molecule has 0 spiro atoms. The number of anilines is 1. The fraction of sp³-hybridized carbons (Fsp3) is 0.538. The maximum absolute atomic E-state index is 5.97. The van der Waals surface area contributed by atoms with E-state index in [1.54, 1.807) is 0 Å². The predicted octanol–water partition coefficient (Wildman–Crippen LogP) is 3.17. The van der Waals surface area contributed by atoms with Gasteiger partial charge in [-0.05, 0) is 55.1 Å². The first kappa shape index (κ1) is 8.34. The van der Waals surface area contributed by atoms with Crippen molar-refractivity contribution in [2.24, 2.45) is 11.8 Å². The van der Waals surface area contributed by atoms with Crippen molar-refractivity contribution in [3.05, 3.63) is 29.8 Å². The van der Waals surface area contributed by atoms with Gasteiger partial charge in [-0.2, -0.15) is 0 Å². The molecule has 1 heteroatoms. The minimum Gasteiger partial charge on any atom is -0.398 e. The van der Waals surface area contributed by atoms with Crippen LogP contribution in [0.15, 0.2) is 24.3 Å². The highest BCUT2D eigenvalue weighted by molar-refractivity contribution is 5.49. The van der Waals surface area contributed by atoms with E-state index in [0.29, 0.717) is 0 Å². The lowest BCUT2D eigenvalue weighted by atomic mass is 9.69. The molecule has 1 aromatic carbocycles. The Hall–Kier alpha value is -0.980. The fourth-order valence-electron chi connectivity index (χ4n) is 2.75. The zero-order valence-electron chi connectivity index (χ0n) is 8.45. The lowest BCUT2D eigenvalue weighted by Crippen LogP contribution is -2.24. The molecule has 14 heavy (non-hydrogen) atoms. The molecule has 0 bridgehead atoms. The Bertz CT molecular complexity index is 335. The molecule has 74 valence electrons. The van der Waals surface area contributed by atoms with Gasteiger partial charge < -0.3 is 5.73 Å². The van der Waals surface area contributed by atoms with E-state index < -0.39 is 0 Å². The van der Waals surface area contributed by atoms with E-state index in [1.807, 2.05) is 12.1 Å². The van der Waals surface area contributed by atoms with Crippen LogP contribution < -0.4 is 5.73 Å². The van der Waals surface area contributed by atoms with Gasteiger partial charge in [0.15, 0.2) is 0 Å². The lowest BCUT2D eigenvalue weighted by molar-refractivity contribution is 0.232. The van der Waals surface area contributed by atoms with E-state index >= 15 is 0 Å². The highest BCUT2D eigenvalue weighted by Gasteiger charge is 2.40. The van der Waals surface area contributed by atoms with Gasteiger partial charge in [0.1, 0.15) is 0 Å². The molecule has 1 nitrogen and oxygen atoms in total. The van der Waals surface area contributed by atoms with Gasteiger partial charge in [0.2, 0.25) is 0 Å². The van der Waals surface area contributed by atoms with Crippen LogP contribution in [0.4, 0.5) is 5.69 Å². The zero-order valence-corrected chi connectivity index (χ0v) is 8.45. The van der Waals surface area contributed by atoms with Crippen LogP contribution in [0.5, 0.6) is 0 Å². The van der Waals surface area contributed by atoms with E-state index in [2.05, 4.69) is 12.1 Å². The number of hydrogen-bond acceptors (Lipinski definition) is 1. The van der Waals surface area contributed by atoms with Gasteiger partial charge in [-0.15, -0.1) is 0 Å². The molecule has 2 aliphatic carbocycles. The molecule has 2 N–H and O–H groups in total. The van der Waals surface area contributed by atoms with Gasteiger partial charge in [0.25, 0.3) is 0 Å². The summed E-state index contributed by atoms with van der Waals surface area (Å²) >= 11 is 0. The largest absolute Gasteiger partial charge is 0.398 e. The second kappa shape index (κ2) is 3.01. The number of para-hydroxylation sites is 1. The van der Waals surface area contributed by atoms with Crippen molar-refractivity contribution < 1.29 is 0 Å². The summed E-state index contributed by atoms with van der Waals surface area (Å²) in [6.07, 6.45) is 5.75. The van der Waals surface area contributed by atoms with Crippen molar-refractivity contribution in [1.82, 2.24) is 0 Å². The van der Waals surface area contributed by atoms with Crippen LogP contribution in [-0.4, -0.2) is 0 Å². The molecule has 0 aromatic heterocycles. The second-order valence-corrected chi connectivity index (χ2v) is 4.89. The third-order valence-electron chi connectivity index (χ3n) is 3.90. The molecule has 3 rings (SSSR count). The molecule has 2 aliphatic rings. The lowest BCUT2D eigenvalue weighted by Gasteiger charge is -2.36. The van der Waals surface area contributed by atoms with Gasteiger partial charge in [-0.3, -0.25) is 0 Å². The summed E-state index contributed by atoms with van der Waals surface area (Å²) in [5.41, 5.74) is 8.35. The summed E-state index contributed by atoms with van der Waals surface area (Å²) < 4.78 is 0. The Labute approximate surface area is 85.3 Å². The first-order chi connectivity index (χ1) is 6.84. The van der Waals surface area contributed by atoms with Crippen LogP contribution in [0.3, 0.4) is 0 Å². The van der Waals surface area contributed by atoms with E-state index in [0.717, 1.165) is 23.4 Å². The smallest absolute Gasteiger partial charge is 0.0349 e. The van der Waals surface area contributed by atoms with Gasteiger partial charge in [-0.1, -0.05) is 18.2 Å². The molecule has 0 aliphatic heterocycles. The average molecular weight is 187 g/mol. The Morgan fingerprint density at radius 1 is 1.00 bits per heavy atom. The topological polar surface area (TPSA) is 26.0 Å². The van der Waals surface area contributed by atoms with Crippen molar-refractivity contribution in [2.45, 2.75) is 31.6 Å². The van der Waals surface area contributed by atoms with Gasteiger partial charge >= 0.3 is 0 Å². The molecule has 0 amide bonds. The Kier molecular flexibility index (Phi) is 1.79. The van der Waals surface area contributed by atoms with Crippen molar-refractivity contribution in [2.75, 3.05) is 5.73 Å². The molecular formula is C13H17N. The first-order valence-electron chi connectivity index (χ1n) is 5.69. The predicted molar refractivity (Wildman–Crippen MR) is 59.0 cm³/mol. The van der Waals surface area contributed by atoms with E-state index in [-0.39, 0.29) is 0 Å². The maximum atomic E-state index is 5.97. The summed E-state index contributed by atoms with van der Waals surface area (Å²) in [7, 11) is 0. The van der Waals surface area contributed by atoms with Crippen LogP contribution in [0.2, 0.25) is 0 Å². The van der Waals surface area contributed by atoms with E-state index in [9.17, 15) is 0 Å². The van der Waals surface area contributed by atoms with E-state index in [4.69, 9.17) is 5.73 Å². The molecule has 0 unspecified atom stereocenters. The molecule has 2 fully saturated rings. The molecule has 1 aromatic rings. The summed E-state index contributed by atoms with van der Waals surface area (Å²) in [6.45, 7) is 0. The number of benzene rings is 1. The molecular weight excluding hydrogens is 170 g/mol. The maximum Gasteiger partial charge on any atom is 0.0349 e. The van der Waals surface area contributed by atoms with Crippen LogP contribution >= 0.6 is 0 Å². The van der Waals surface area contributed by atoms with Gasteiger partial charge in [0, 0.05) is 5.69 Å². The van der Waals surface area contributed by atoms with Crippen LogP contribution in [-0.2, 0) is 0 Å². The quantitative estimate of drug-likeness (QED) is 0.707. The third kappa shape index (κ3) is 1.31. The minimum absolute atomic E-state index is 0.766. The molecule has 2 saturated carbocycles. The summed E-state index contributed by atoms with van der Waals surface area (Å²) in [4.78, 5) is 0. The van der Waals surface area contributed by atoms with Crippen molar-refractivity contribution in [3.8, 4) is 0 Å². The van der Waals surface area contributed by atoms with Crippen molar-refractivity contribution in [3.63, 3.8) is 0 Å². The number of hydrogen-bond donors (Lipinski definition) is 1. The molecule has 0 radical (unpaired) electrons. The Morgan fingerprint density at radius 3 is 2.36 bits per heavy atom. The van der Waals surface area contributed by atoms with Gasteiger partial charge in [0.05, 0.1) is 0 Å². The normalized spacial score (nSPS) is 31.1. The van der Waals surface area contributed by atoms with Gasteiger partial charge in [-0.25, -0.2) is 0 Å². The monoisotopic (exact) mass is 187 g/mol. The highest BCUT2D eigenvalue weighted by Crippen LogP contribution is 2.53. The van der Waals surface area contributed by atoms with Crippen LogP contribution in [0, 0.1) is 11.8 Å². The van der Waals surface area contributed by atoms with E-state index in [1.165, 1.54) is 31.2 Å². The van der Waals surface area contributed by atoms with Crippen molar-refractivity contribution in [1.29, 1.82) is 0 Å². The summed E-state index contributed by atoms with van der Waals surface area (Å²) in [6, 6.07) is 8.36.